The summed E-state index contributed by atoms with van der Waals surface area (Å²) >= 11 is 0. The van der Waals surface area contributed by atoms with E-state index in [-0.39, 0.29) is 33.5 Å². The lowest BCUT2D eigenvalue weighted by atomic mass is 10.1. The van der Waals surface area contributed by atoms with E-state index >= 15 is 0 Å². The Balaban J connectivity index is 1.84. The Labute approximate surface area is 162 Å². The van der Waals surface area contributed by atoms with Crippen molar-refractivity contribution in [2.75, 3.05) is 12.8 Å². The molecule has 1 aromatic heterocycles. The van der Waals surface area contributed by atoms with Crippen LogP contribution in [0.3, 0.4) is 0 Å². The minimum absolute atomic E-state index is 0.0497. The Morgan fingerprint density at radius 2 is 2.07 bits per heavy atom. The van der Waals surface area contributed by atoms with Crippen molar-refractivity contribution in [3.8, 4) is 0 Å². The van der Waals surface area contributed by atoms with Crippen LogP contribution in [0.25, 0.3) is 0 Å². The first-order valence-electron chi connectivity index (χ1n) is 9.02. The smallest absolute Gasteiger partial charge is 0.330 e. The Bertz CT molecular complexity index is 805. The second-order valence-corrected chi connectivity index (χ2v) is 7.15. The van der Waals surface area contributed by atoms with Gasteiger partial charge in [0.15, 0.2) is 8.46 Å². The highest BCUT2D eigenvalue weighted by molar-refractivity contribution is 7.23. The second kappa shape index (κ2) is 11.0. The average Bonchev–Trinajstić information content (AvgIpc) is 3.06. The number of nitrogens with zero attached hydrogens (tertiary/aromatic N) is 1. The highest BCUT2D eigenvalue weighted by Gasteiger charge is 2.38. The molecule has 0 radical (unpaired) electrons. The summed E-state index contributed by atoms with van der Waals surface area (Å²) in [5, 5.41) is 9.45. The molecule has 3 atom stereocenters. The standard InChI is InChI=1S/C17H23N2O8P/c20-10-13-12(9-15(26-13)19-7-6-14(22)18-17(19)24)27-16(23)5-4-11(21)3-1-2-8-28-25/h6-7,12-13,15,20H,1-5,8-10H2,(H,18,22,24)/t12-,13-,15-/m1/s1. The number of carbonyl (C=O) groups excluding carboxylic acids is 2. The van der Waals surface area contributed by atoms with Crippen LogP contribution in [-0.2, 0) is 23.6 Å². The number of nitrogens with one attached hydrogen (secondary N) is 1. The maximum Gasteiger partial charge on any atom is 0.330 e. The minimum atomic E-state index is -0.810. The van der Waals surface area contributed by atoms with Crippen molar-refractivity contribution in [3.05, 3.63) is 33.1 Å². The van der Waals surface area contributed by atoms with Crippen LogP contribution < -0.4 is 11.2 Å². The summed E-state index contributed by atoms with van der Waals surface area (Å²) in [6, 6.07) is 1.17. The van der Waals surface area contributed by atoms with E-state index in [4.69, 9.17) is 9.47 Å². The van der Waals surface area contributed by atoms with Crippen molar-refractivity contribution in [3.63, 3.8) is 0 Å². The van der Waals surface area contributed by atoms with E-state index in [1.807, 2.05) is 0 Å². The average molecular weight is 414 g/mol. The van der Waals surface area contributed by atoms with Crippen LogP contribution in [0.15, 0.2) is 21.9 Å². The van der Waals surface area contributed by atoms with E-state index in [2.05, 4.69) is 4.98 Å². The van der Waals surface area contributed by atoms with E-state index in [0.29, 0.717) is 25.4 Å². The highest BCUT2D eigenvalue weighted by Crippen LogP contribution is 2.29. The summed E-state index contributed by atoms with van der Waals surface area (Å²) < 4.78 is 22.3. The zero-order valence-electron chi connectivity index (χ0n) is 15.2. The van der Waals surface area contributed by atoms with Crippen molar-refractivity contribution >= 4 is 20.2 Å². The Morgan fingerprint density at radius 1 is 1.29 bits per heavy atom. The first-order valence-corrected chi connectivity index (χ1v) is 10.0. The number of aliphatic hydroxyl groups is 1. The van der Waals surface area contributed by atoms with Gasteiger partial charge in [0, 0.05) is 37.7 Å². The molecule has 1 aromatic rings. The maximum atomic E-state index is 12.0. The Hall–Kier alpha value is -2.16. The molecular formula is C17H23N2O8P. The van der Waals surface area contributed by atoms with Crippen LogP contribution in [0.2, 0.25) is 0 Å². The van der Waals surface area contributed by atoms with Gasteiger partial charge in [-0.25, -0.2) is 4.79 Å². The number of rotatable bonds is 11. The molecule has 1 saturated heterocycles. The lowest BCUT2D eigenvalue weighted by Gasteiger charge is -2.16. The first-order chi connectivity index (χ1) is 13.4. The second-order valence-electron chi connectivity index (χ2n) is 6.44. The fraction of sp³-hybridized carbons (Fsp3) is 0.647. The summed E-state index contributed by atoms with van der Waals surface area (Å²) in [4.78, 5) is 48.9. The van der Waals surface area contributed by atoms with Gasteiger partial charge < -0.3 is 14.6 Å². The van der Waals surface area contributed by atoms with E-state index in [1.54, 1.807) is 0 Å². The molecule has 0 bridgehead atoms. The molecule has 10 nitrogen and oxygen atoms in total. The topological polar surface area (TPSA) is 145 Å². The molecule has 0 unspecified atom stereocenters. The zero-order chi connectivity index (χ0) is 20.5. The highest BCUT2D eigenvalue weighted by atomic mass is 31.1. The van der Waals surface area contributed by atoms with Crippen molar-refractivity contribution in [1.82, 2.24) is 9.55 Å². The van der Waals surface area contributed by atoms with Crippen LogP contribution in [0.1, 0.15) is 44.8 Å². The van der Waals surface area contributed by atoms with E-state index in [0.717, 1.165) is 4.57 Å². The minimum Gasteiger partial charge on any atom is -0.459 e. The lowest BCUT2D eigenvalue weighted by molar-refractivity contribution is -0.154. The van der Waals surface area contributed by atoms with Crippen LogP contribution in [0, 0.1) is 0 Å². The van der Waals surface area contributed by atoms with Crippen molar-refractivity contribution in [2.24, 2.45) is 0 Å². The van der Waals surface area contributed by atoms with Crippen molar-refractivity contribution < 1.29 is 28.7 Å². The molecule has 0 spiro atoms. The van der Waals surface area contributed by atoms with Gasteiger partial charge in [-0.3, -0.25) is 28.5 Å². The molecule has 2 heterocycles. The molecule has 28 heavy (non-hydrogen) atoms. The number of ketones is 1. The maximum absolute atomic E-state index is 12.0. The molecule has 0 aromatic carbocycles. The van der Waals surface area contributed by atoms with Gasteiger partial charge in [-0.1, -0.05) is 0 Å². The van der Waals surface area contributed by atoms with E-state index in [1.165, 1.54) is 12.3 Å². The van der Waals surface area contributed by atoms with Crippen molar-refractivity contribution in [1.29, 1.82) is 0 Å². The third-order valence-electron chi connectivity index (χ3n) is 4.37. The molecule has 2 N–H and O–H groups in total. The van der Waals surface area contributed by atoms with Gasteiger partial charge in [0.2, 0.25) is 0 Å². The molecule has 0 amide bonds. The predicted octanol–water partition coefficient (Wildman–Crippen LogP) is 0.539. The molecule has 0 aliphatic carbocycles. The largest absolute Gasteiger partial charge is 0.459 e. The molecule has 0 saturated carbocycles. The fourth-order valence-electron chi connectivity index (χ4n) is 2.91. The number of esters is 1. The summed E-state index contributed by atoms with van der Waals surface area (Å²) in [6.45, 7) is -0.412. The summed E-state index contributed by atoms with van der Waals surface area (Å²) in [5.74, 6) is -0.661. The normalized spacial score (nSPS) is 21.7. The van der Waals surface area contributed by atoms with Crippen molar-refractivity contribution in [2.45, 2.75) is 57.0 Å². The molecule has 1 aliphatic heterocycles. The number of unbranched alkanes of at least 4 members (excludes halogenated alkanes) is 1. The van der Waals surface area contributed by atoms with Gasteiger partial charge in [-0.2, -0.15) is 0 Å². The zero-order valence-corrected chi connectivity index (χ0v) is 16.1. The van der Waals surface area contributed by atoms with E-state index in [9.17, 15) is 28.8 Å². The SMILES string of the molecule is O=PCCCCC(=O)CCC(=O)O[C@@H]1C[C@H](n2ccc(=O)[nH]c2=O)O[C@@H]1CO. The van der Waals surface area contributed by atoms with Crippen LogP contribution in [0.4, 0.5) is 0 Å². The number of hydrogen-bond donors (Lipinski definition) is 2. The number of hydrogen-bond acceptors (Lipinski definition) is 8. The first kappa shape index (κ1) is 22.1. The van der Waals surface area contributed by atoms with Crippen LogP contribution in [0.5, 0.6) is 0 Å². The lowest BCUT2D eigenvalue weighted by Crippen LogP contribution is -2.31. The summed E-state index contributed by atoms with van der Waals surface area (Å²) in [6.07, 6.45) is 1.14. The molecular weight excluding hydrogens is 391 g/mol. The number of H-pyrrole nitrogens is 1. The third kappa shape index (κ3) is 6.47. The number of aromatic nitrogens is 2. The number of aliphatic hydroxyl groups excluding tert-OH is 1. The molecule has 2 rings (SSSR count). The molecule has 1 aliphatic rings. The van der Waals surface area contributed by atoms with E-state index < -0.39 is 42.3 Å². The van der Waals surface area contributed by atoms with Gasteiger partial charge in [0.25, 0.3) is 5.56 Å². The van der Waals surface area contributed by atoms with Gasteiger partial charge in [-0.15, -0.1) is 0 Å². The monoisotopic (exact) mass is 414 g/mol. The molecule has 11 heteroatoms. The quantitative estimate of drug-likeness (QED) is 0.303. The third-order valence-corrected chi connectivity index (χ3v) is 4.87. The Kier molecular flexibility index (Phi) is 8.69. The number of carbonyl (C=O) groups is 2. The number of Topliss-reactive ketones (excluding diaryl/α,β-unsaturated/α-hetero) is 1. The number of aromatic amines is 1. The fourth-order valence-corrected chi connectivity index (χ4v) is 3.26. The predicted molar refractivity (Wildman–Crippen MR) is 97.4 cm³/mol. The number of ether oxygens (including phenoxy) is 2. The van der Waals surface area contributed by atoms with Gasteiger partial charge >= 0.3 is 11.7 Å². The van der Waals surface area contributed by atoms with Crippen LogP contribution >= 0.6 is 8.46 Å². The summed E-state index contributed by atoms with van der Waals surface area (Å²) in [7, 11) is 0.0613. The van der Waals surface area contributed by atoms with Gasteiger partial charge in [-0.05, 0) is 12.8 Å². The van der Waals surface area contributed by atoms with Crippen LogP contribution in [-0.4, -0.2) is 51.4 Å². The van der Waals surface area contributed by atoms with Gasteiger partial charge in [0.05, 0.1) is 13.0 Å². The Morgan fingerprint density at radius 3 is 2.75 bits per heavy atom. The molecule has 154 valence electrons. The summed E-state index contributed by atoms with van der Waals surface area (Å²) in [5.41, 5.74) is -1.21. The van der Waals surface area contributed by atoms with Gasteiger partial charge in [0.1, 0.15) is 24.2 Å². The molecule has 1 fully saturated rings.